The number of aryl methyl sites for hydroxylation is 1. The molecule has 0 spiro atoms. The Bertz CT molecular complexity index is 1390. The number of aromatic amines is 1. The van der Waals surface area contributed by atoms with Gasteiger partial charge in [-0.2, -0.15) is 26.9 Å². The second kappa shape index (κ2) is 9.44. The number of H-pyrrole nitrogens is 1. The Labute approximate surface area is 208 Å². The van der Waals surface area contributed by atoms with Crippen molar-refractivity contribution in [3.05, 3.63) is 86.5 Å². The Morgan fingerprint density at radius 1 is 1.03 bits per heavy atom. The predicted octanol–water partition coefficient (Wildman–Crippen LogP) is 3.98. The van der Waals surface area contributed by atoms with Gasteiger partial charge in [-0.25, -0.2) is 4.79 Å². The molecule has 2 fully saturated rings. The minimum Gasteiger partial charge on any atom is -0.302 e. The number of fused-ring (bicyclic) bond motifs is 1. The molecular formula is C24H22ClF5N4O2. The molecule has 1 aliphatic carbocycles. The number of halogens is 6. The SMILES string of the molecule is Cl.O=c1[nH]c(=O)n(CCCN2CC3C[C@]3(c3ccc(C(F)(F)F)cc3)C2)cc1-c1ccc(F)nc1F. The van der Waals surface area contributed by atoms with Crippen molar-refractivity contribution < 1.29 is 22.0 Å². The lowest BCUT2D eigenvalue weighted by Crippen LogP contribution is -2.32. The molecule has 1 saturated carbocycles. The number of alkyl halides is 3. The standard InChI is InChI=1S/C24H21F5N4O2.ClH/c25-19-7-6-17(20(26)30-19)18-12-33(22(35)31-21(18)34)9-1-8-32-11-16-10-23(16,13-32)14-2-4-15(5-3-14)24(27,28)29;/h2-7,12,16H,1,8-11,13H2,(H,31,34,35);1H/t16?,23-;/m1./s1. The van der Waals surface area contributed by atoms with Crippen LogP contribution < -0.4 is 11.2 Å². The quantitative estimate of drug-likeness (QED) is 0.388. The molecular weight excluding hydrogens is 507 g/mol. The number of nitrogens with zero attached hydrogens (tertiary/aromatic N) is 3. The average molecular weight is 529 g/mol. The van der Waals surface area contributed by atoms with Crippen LogP contribution >= 0.6 is 12.4 Å². The third-order valence-corrected chi connectivity index (χ3v) is 6.99. The average Bonchev–Trinajstić information content (AvgIpc) is 3.36. The molecule has 2 aromatic heterocycles. The predicted molar refractivity (Wildman–Crippen MR) is 124 cm³/mol. The summed E-state index contributed by atoms with van der Waals surface area (Å²) < 4.78 is 67.0. The fourth-order valence-corrected chi connectivity index (χ4v) is 5.14. The first kappa shape index (κ1) is 26.0. The highest BCUT2D eigenvalue weighted by Gasteiger charge is 2.60. The van der Waals surface area contributed by atoms with Crippen LogP contribution in [0.1, 0.15) is 24.0 Å². The van der Waals surface area contributed by atoms with Crippen LogP contribution in [0.2, 0.25) is 0 Å². The molecule has 0 amide bonds. The van der Waals surface area contributed by atoms with Crippen molar-refractivity contribution in [1.82, 2.24) is 19.4 Å². The van der Waals surface area contributed by atoms with Crippen molar-refractivity contribution >= 4 is 12.4 Å². The topological polar surface area (TPSA) is 71.0 Å². The molecule has 0 radical (unpaired) electrons. The van der Waals surface area contributed by atoms with E-state index in [1.165, 1.54) is 10.8 Å². The van der Waals surface area contributed by atoms with Gasteiger partial charge >= 0.3 is 11.9 Å². The number of pyridine rings is 1. The van der Waals surface area contributed by atoms with Gasteiger partial charge in [-0.3, -0.25) is 14.3 Å². The summed E-state index contributed by atoms with van der Waals surface area (Å²) in [5.41, 5.74) is -1.64. The van der Waals surface area contributed by atoms with Gasteiger partial charge in [0.1, 0.15) is 0 Å². The summed E-state index contributed by atoms with van der Waals surface area (Å²) in [4.78, 5) is 31.8. The Morgan fingerprint density at radius 2 is 1.75 bits per heavy atom. The van der Waals surface area contributed by atoms with E-state index in [9.17, 15) is 31.5 Å². The van der Waals surface area contributed by atoms with Crippen LogP contribution in [0.5, 0.6) is 0 Å². The Balaban J connectivity index is 0.00000304. The van der Waals surface area contributed by atoms with Crippen molar-refractivity contribution in [1.29, 1.82) is 0 Å². The summed E-state index contributed by atoms with van der Waals surface area (Å²) in [6, 6.07) is 7.41. The zero-order valence-corrected chi connectivity index (χ0v) is 19.6. The lowest BCUT2D eigenvalue weighted by Gasteiger charge is -2.21. The summed E-state index contributed by atoms with van der Waals surface area (Å²) >= 11 is 0. The summed E-state index contributed by atoms with van der Waals surface area (Å²) in [5, 5.41) is 0. The maximum Gasteiger partial charge on any atom is 0.416 e. The van der Waals surface area contributed by atoms with Crippen LogP contribution in [0.25, 0.3) is 11.1 Å². The van der Waals surface area contributed by atoms with Crippen LogP contribution in [0.4, 0.5) is 22.0 Å². The Kier molecular flexibility index (Phi) is 6.82. The van der Waals surface area contributed by atoms with Crippen molar-refractivity contribution in [2.75, 3.05) is 19.6 Å². The van der Waals surface area contributed by atoms with Crippen molar-refractivity contribution in [3.8, 4) is 11.1 Å². The number of nitrogens with one attached hydrogen (secondary N) is 1. The molecule has 1 saturated heterocycles. The summed E-state index contributed by atoms with van der Waals surface area (Å²) in [5.74, 6) is -1.78. The number of hydrogen-bond acceptors (Lipinski definition) is 4. The molecule has 0 bridgehead atoms. The number of rotatable bonds is 6. The van der Waals surface area contributed by atoms with Crippen LogP contribution in [-0.4, -0.2) is 39.1 Å². The van der Waals surface area contributed by atoms with E-state index in [1.54, 1.807) is 12.1 Å². The summed E-state index contributed by atoms with van der Waals surface area (Å²) in [6.07, 6.45) is -1.62. The highest BCUT2D eigenvalue weighted by molar-refractivity contribution is 5.85. The maximum absolute atomic E-state index is 14.0. The molecule has 1 unspecified atom stereocenters. The highest BCUT2D eigenvalue weighted by Crippen LogP contribution is 2.59. The molecule has 36 heavy (non-hydrogen) atoms. The second-order valence-electron chi connectivity index (χ2n) is 9.19. The molecule has 192 valence electrons. The lowest BCUT2D eigenvalue weighted by molar-refractivity contribution is -0.137. The Hall–Kier alpha value is -3.05. The van der Waals surface area contributed by atoms with Gasteiger partial charge in [0, 0.05) is 36.8 Å². The molecule has 3 heterocycles. The van der Waals surface area contributed by atoms with E-state index >= 15 is 0 Å². The largest absolute Gasteiger partial charge is 0.416 e. The summed E-state index contributed by atoms with van der Waals surface area (Å²) in [6.45, 7) is 2.44. The first-order valence-electron chi connectivity index (χ1n) is 11.1. The van der Waals surface area contributed by atoms with Gasteiger partial charge in [0.15, 0.2) is 0 Å². The van der Waals surface area contributed by atoms with Crippen LogP contribution in [0.3, 0.4) is 0 Å². The molecule has 12 heteroatoms. The van der Waals surface area contributed by atoms with E-state index in [0.717, 1.165) is 49.3 Å². The van der Waals surface area contributed by atoms with Gasteiger partial charge in [-0.1, -0.05) is 12.1 Å². The number of benzene rings is 1. The van der Waals surface area contributed by atoms with Gasteiger partial charge < -0.3 is 4.90 Å². The third kappa shape index (κ3) is 4.81. The second-order valence-corrected chi connectivity index (χ2v) is 9.19. The van der Waals surface area contributed by atoms with Crippen molar-refractivity contribution in [2.24, 2.45) is 5.92 Å². The number of hydrogen-bond donors (Lipinski definition) is 1. The van der Waals surface area contributed by atoms with Crippen LogP contribution in [0, 0.1) is 17.8 Å². The third-order valence-electron chi connectivity index (χ3n) is 6.99. The highest BCUT2D eigenvalue weighted by atomic mass is 35.5. The molecule has 6 nitrogen and oxygen atoms in total. The number of piperidine rings is 1. The smallest absolute Gasteiger partial charge is 0.302 e. The molecule has 1 aliphatic heterocycles. The zero-order chi connectivity index (χ0) is 25.0. The van der Waals surface area contributed by atoms with Gasteiger partial charge in [0.2, 0.25) is 11.9 Å². The minimum absolute atomic E-state index is 0. The monoisotopic (exact) mass is 528 g/mol. The van der Waals surface area contributed by atoms with Crippen LogP contribution in [-0.2, 0) is 18.1 Å². The van der Waals surface area contributed by atoms with E-state index in [4.69, 9.17) is 0 Å². The molecule has 2 aliphatic rings. The van der Waals surface area contributed by atoms with E-state index in [-0.39, 0.29) is 35.5 Å². The first-order chi connectivity index (χ1) is 16.6. The molecule has 1 aromatic carbocycles. The van der Waals surface area contributed by atoms with Crippen molar-refractivity contribution in [3.63, 3.8) is 0 Å². The van der Waals surface area contributed by atoms with Gasteiger partial charge in [0.25, 0.3) is 5.56 Å². The molecule has 1 N–H and O–H groups in total. The normalized spacial score (nSPS) is 21.2. The van der Waals surface area contributed by atoms with Gasteiger partial charge in [-0.05, 0) is 55.1 Å². The summed E-state index contributed by atoms with van der Waals surface area (Å²) in [7, 11) is 0. The minimum atomic E-state index is -4.36. The number of likely N-dealkylation sites (tertiary alicyclic amines) is 1. The van der Waals surface area contributed by atoms with Crippen molar-refractivity contribution in [2.45, 2.75) is 31.0 Å². The zero-order valence-electron chi connectivity index (χ0n) is 18.8. The maximum atomic E-state index is 14.0. The number of aromatic nitrogens is 3. The molecule has 2 atom stereocenters. The van der Waals surface area contributed by atoms with E-state index in [2.05, 4.69) is 14.9 Å². The Morgan fingerprint density at radius 3 is 2.42 bits per heavy atom. The fraction of sp³-hybridized carbons (Fsp3) is 0.375. The van der Waals surface area contributed by atoms with E-state index < -0.39 is 34.9 Å². The van der Waals surface area contributed by atoms with E-state index in [0.29, 0.717) is 18.9 Å². The lowest BCUT2D eigenvalue weighted by atomic mass is 9.94. The molecule has 5 rings (SSSR count). The first-order valence-corrected chi connectivity index (χ1v) is 11.1. The van der Waals surface area contributed by atoms with Crippen LogP contribution in [0.15, 0.2) is 52.2 Å². The fourth-order valence-electron chi connectivity index (χ4n) is 5.14. The van der Waals surface area contributed by atoms with E-state index in [1.807, 2.05) is 0 Å². The van der Waals surface area contributed by atoms with Gasteiger partial charge in [0.05, 0.1) is 11.1 Å². The molecule has 3 aromatic rings. The van der Waals surface area contributed by atoms with Gasteiger partial charge in [-0.15, -0.1) is 12.4 Å².